The summed E-state index contributed by atoms with van der Waals surface area (Å²) in [4.78, 5) is 2.00. The van der Waals surface area contributed by atoms with E-state index in [1.807, 2.05) is 33.0 Å². The molecule has 1 atom stereocenters. The Morgan fingerprint density at radius 3 is 1.44 bits per heavy atom. The highest BCUT2D eigenvalue weighted by Gasteiger charge is 1.79. The number of nitrogens with two attached hydrogens (primary N) is 1. The third-order valence-corrected chi connectivity index (χ3v) is 0.644. The summed E-state index contributed by atoms with van der Waals surface area (Å²) in [5, 5.41) is 0. The molecule has 0 rings (SSSR count). The van der Waals surface area contributed by atoms with E-state index < -0.39 is 0 Å². The van der Waals surface area contributed by atoms with Crippen LogP contribution in [0.1, 0.15) is 20.3 Å². The van der Waals surface area contributed by atoms with Gasteiger partial charge in [0.2, 0.25) is 0 Å². The van der Waals surface area contributed by atoms with E-state index in [2.05, 4.69) is 6.92 Å². The molecule has 2 N–H and O–H groups in total. The lowest BCUT2D eigenvalue weighted by Crippen LogP contribution is -2.11. The number of hydrogen-bond donors (Lipinski definition) is 1. The summed E-state index contributed by atoms with van der Waals surface area (Å²) in [5.74, 6) is 0. The van der Waals surface area contributed by atoms with Crippen molar-refractivity contribution in [1.29, 1.82) is 0 Å². The van der Waals surface area contributed by atoms with Gasteiger partial charge in [-0.2, -0.15) is 0 Å². The predicted molar refractivity (Wildman–Crippen MR) is 43.6 cm³/mol. The summed E-state index contributed by atoms with van der Waals surface area (Å²) in [6, 6.07) is 0.384. The Morgan fingerprint density at radius 2 is 1.44 bits per heavy atom. The van der Waals surface area contributed by atoms with Crippen molar-refractivity contribution in [2.45, 2.75) is 26.3 Å². The summed E-state index contributed by atoms with van der Waals surface area (Å²) in [5.41, 5.74) is 5.29. The monoisotopic (exact) mass is 132 g/mol. The number of rotatable bonds is 1. The number of hydrogen-bond acceptors (Lipinski definition) is 2. The maximum absolute atomic E-state index is 5.29. The minimum Gasteiger partial charge on any atom is -0.328 e. The van der Waals surface area contributed by atoms with Crippen molar-refractivity contribution in [3.05, 3.63) is 0 Å². The topological polar surface area (TPSA) is 29.3 Å². The molecule has 0 saturated heterocycles. The maximum Gasteiger partial charge on any atom is 0.000781 e. The summed E-state index contributed by atoms with van der Waals surface area (Å²) in [6.07, 6.45) is 1.08. The first kappa shape index (κ1) is 11.7. The lowest BCUT2D eigenvalue weighted by molar-refractivity contribution is 0.505. The van der Waals surface area contributed by atoms with Crippen molar-refractivity contribution >= 4 is 0 Å². The van der Waals surface area contributed by atoms with Crippen LogP contribution in [0.3, 0.4) is 0 Å². The van der Waals surface area contributed by atoms with Crippen LogP contribution in [0.5, 0.6) is 0 Å². The third kappa shape index (κ3) is 75.3. The van der Waals surface area contributed by atoms with Gasteiger partial charge in [-0.3, -0.25) is 0 Å². The average Bonchev–Trinajstić information content (AvgIpc) is 1.65. The summed E-state index contributed by atoms with van der Waals surface area (Å²) in [7, 11) is 6.00. The Balaban J connectivity index is 0. The molecule has 0 amide bonds. The van der Waals surface area contributed by atoms with Crippen LogP contribution in [0, 0.1) is 0 Å². The van der Waals surface area contributed by atoms with Crippen molar-refractivity contribution in [2.75, 3.05) is 21.1 Å². The first-order valence-electron chi connectivity index (χ1n) is 3.37. The van der Waals surface area contributed by atoms with E-state index in [0.29, 0.717) is 6.04 Å². The first-order chi connectivity index (χ1) is 4.00. The van der Waals surface area contributed by atoms with Crippen molar-refractivity contribution in [1.82, 2.24) is 4.90 Å². The summed E-state index contributed by atoms with van der Waals surface area (Å²) >= 11 is 0. The van der Waals surface area contributed by atoms with Crippen LogP contribution in [0.4, 0.5) is 0 Å². The molecule has 0 bridgehead atoms. The molecular weight excluding hydrogens is 112 g/mol. The summed E-state index contributed by atoms with van der Waals surface area (Å²) < 4.78 is 0. The number of nitrogens with zero attached hydrogens (tertiary/aromatic N) is 1. The fourth-order valence-corrected chi connectivity index (χ4v) is 0. The van der Waals surface area contributed by atoms with Gasteiger partial charge in [0.05, 0.1) is 0 Å². The molecule has 0 aromatic rings. The fraction of sp³-hybridized carbons (Fsp3) is 1.00. The van der Waals surface area contributed by atoms with Crippen molar-refractivity contribution in [3.63, 3.8) is 0 Å². The molecule has 0 aliphatic heterocycles. The third-order valence-electron chi connectivity index (χ3n) is 0.644. The van der Waals surface area contributed by atoms with Crippen LogP contribution in [-0.4, -0.2) is 32.1 Å². The van der Waals surface area contributed by atoms with Gasteiger partial charge in [-0.25, -0.2) is 0 Å². The second-order valence-electron chi connectivity index (χ2n) is 2.73. The Kier molecular flexibility index (Phi) is 10.3. The molecule has 9 heavy (non-hydrogen) atoms. The minimum atomic E-state index is 0.384. The van der Waals surface area contributed by atoms with Gasteiger partial charge in [-0.05, 0) is 34.5 Å². The normalized spacial score (nSPS) is 12.3. The van der Waals surface area contributed by atoms with E-state index in [9.17, 15) is 0 Å². The van der Waals surface area contributed by atoms with Gasteiger partial charge in [0.25, 0.3) is 0 Å². The Labute approximate surface area is 59.0 Å². The molecule has 2 nitrogen and oxygen atoms in total. The molecule has 0 aromatic heterocycles. The molecule has 0 aliphatic carbocycles. The minimum absolute atomic E-state index is 0.384. The van der Waals surface area contributed by atoms with Crippen LogP contribution >= 0.6 is 0 Å². The molecule has 2 heteroatoms. The van der Waals surface area contributed by atoms with Crippen molar-refractivity contribution in [2.24, 2.45) is 5.73 Å². The zero-order valence-electron chi connectivity index (χ0n) is 7.31. The van der Waals surface area contributed by atoms with Gasteiger partial charge in [0.15, 0.2) is 0 Å². The lowest BCUT2D eigenvalue weighted by atomic mass is 10.3. The molecule has 0 heterocycles. The zero-order chi connectivity index (χ0) is 7.86. The molecule has 0 aliphatic rings. The molecule has 58 valence electrons. The summed E-state index contributed by atoms with van der Waals surface area (Å²) in [6.45, 7) is 4.07. The van der Waals surface area contributed by atoms with Crippen molar-refractivity contribution < 1.29 is 0 Å². The molecular formula is C7H20N2. The van der Waals surface area contributed by atoms with Gasteiger partial charge in [0, 0.05) is 6.04 Å². The average molecular weight is 132 g/mol. The maximum atomic E-state index is 5.29. The Bertz CT molecular complexity index is 39.4. The van der Waals surface area contributed by atoms with E-state index in [1.165, 1.54) is 0 Å². The van der Waals surface area contributed by atoms with Gasteiger partial charge < -0.3 is 10.6 Å². The molecule has 1 unspecified atom stereocenters. The van der Waals surface area contributed by atoms with Gasteiger partial charge in [0.1, 0.15) is 0 Å². The fourth-order valence-electron chi connectivity index (χ4n) is 0. The van der Waals surface area contributed by atoms with Gasteiger partial charge >= 0.3 is 0 Å². The lowest BCUT2D eigenvalue weighted by Gasteiger charge is -1.91. The molecule has 0 radical (unpaired) electrons. The molecule has 0 spiro atoms. The highest BCUT2D eigenvalue weighted by atomic mass is 15.0. The first-order valence-corrected chi connectivity index (χ1v) is 3.37. The largest absolute Gasteiger partial charge is 0.328 e. The van der Waals surface area contributed by atoms with E-state index in [0.717, 1.165) is 6.42 Å². The standard InChI is InChI=1S/C4H11N.C3H9N/c1-3-4(2)5;1-4(2)3/h4H,3,5H2,1-2H3;1-3H3. The SMILES string of the molecule is CCC(C)N.CN(C)C. The molecule has 0 saturated carbocycles. The molecule has 0 fully saturated rings. The van der Waals surface area contributed by atoms with Crippen LogP contribution in [0.2, 0.25) is 0 Å². The highest BCUT2D eigenvalue weighted by Crippen LogP contribution is 1.77. The van der Waals surface area contributed by atoms with Gasteiger partial charge in [-0.15, -0.1) is 0 Å². The Hall–Kier alpha value is -0.0800. The predicted octanol–water partition coefficient (Wildman–Crippen LogP) is 0.921. The van der Waals surface area contributed by atoms with Crippen LogP contribution < -0.4 is 5.73 Å². The quantitative estimate of drug-likeness (QED) is 0.575. The van der Waals surface area contributed by atoms with E-state index in [4.69, 9.17) is 5.73 Å². The van der Waals surface area contributed by atoms with E-state index >= 15 is 0 Å². The van der Waals surface area contributed by atoms with E-state index in [-0.39, 0.29) is 0 Å². The smallest absolute Gasteiger partial charge is 0.000781 e. The zero-order valence-corrected chi connectivity index (χ0v) is 7.31. The Morgan fingerprint density at radius 1 is 1.33 bits per heavy atom. The second kappa shape index (κ2) is 7.92. The highest BCUT2D eigenvalue weighted by molar-refractivity contribution is 4.43. The van der Waals surface area contributed by atoms with Gasteiger partial charge in [-0.1, -0.05) is 6.92 Å². The van der Waals surface area contributed by atoms with Crippen LogP contribution in [-0.2, 0) is 0 Å². The van der Waals surface area contributed by atoms with Crippen LogP contribution in [0.15, 0.2) is 0 Å². The van der Waals surface area contributed by atoms with E-state index in [1.54, 1.807) is 0 Å². The second-order valence-corrected chi connectivity index (χ2v) is 2.73. The molecule has 0 aromatic carbocycles. The van der Waals surface area contributed by atoms with Crippen molar-refractivity contribution in [3.8, 4) is 0 Å². The van der Waals surface area contributed by atoms with Crippen LogP contribution in [0.25, 0.3) is 0 Å².